The molecule has 0 saturated heterocycles. The molecular formula is C19H18N2O7S. The van der Waals surface area contributed by atoms with Gasteiger partial charge in [0, 0.05) is 17.2 Å². The number of benzene rings is 2. The third-order valence-corrected chi connectivity index (χ3v) is 4.59. The summed E-state index contributed by atoms with van der Waals surface area (Å²) in [6.07, 6.45) is 1.69. The highest BCUT2D eigenvalue weighted by molar-refractivity contribution is 7.98. The summed E-state index contributed by atoms with van der Waals surface area (Å²) in [5, 5.41) is 13.4. The van der Waals surface area contributed by atoms with Crippen molar-refractivity contribution in [3.8, 4) is 5.75 Å². The van der Waals surface area contributed by atoms with E-state index in [4.69, 9.17) is 9.47 Å². The van der Waals surface area contributed by atoms with Gasteiger partial charge in [0.1, 0.15) is 12.3 Å². The van der Waals surface area contributed by atoms with Gasteiger partial charge < -0.3 is 14.8 Å². The summed E-state index contributed by atoms with van der Waals surface area (Å²) < 4.78 is 9.85. The van der Waals surface area contributed by atoms with Crippen molar-refractivity contribution in [3.63, 3.8) is 0 Å². The van der Waals surface area contributed by atoms with E-state index in [0.29, 0.717) is 16.2 Å². The van der Waals surface area contributed by atoms with E-state index < -0.39 is 35.7 Å². The fraction of sp³-hybridized carbons (Fsp3) is 0.211. The molecule has 0 saturated carbocycles. The number of nitro benzene ring substituents is 1. The number of nitrogens with zero attached hydrogens (tertiary/aromatic N) is 1. The SMILES string of the molecule is COc1ccc(C(=O)COC(=O)CNC(=O)c2ccc(SC)c([N+](=O)[O-])c2)cc1. The van der Waals surface area contributed by atoms with Crippen LogP contribution in [0.5, 0.6) is 5.75 Å². The van der Waals surface area contributed by atoms with Crippen LogP contribution in [0.1, 0.15) is 20.7 Å². The maximum atomic E-state index is 12.1. The van der Waals surface area contributed by atoms with Crippen molar-refractivity contribution in [3.05, 3.63) is 63.7 Å². The topological polar surface area (TPSA) is 125 Å². The van der Waals surface area contributed by atoms with E-state index in [-0.39, 0.29) is 11.3 Å². The smallest absolute Gasteiger partial charge is 0.325 e. The lowest BCUT2D eigenvalue weighted by atomic mass is 10.1. The molecule has 0 aromatic heterocycles. The predicted octanol–water partition coefficient (Wildman–Crippen LogP) is 2.48. The Bertz CT molecular complexity index is 929. The van der Waals surface area contributed by atoms with Crippen LogP contribution < -0.4 is 10.1 Å². The molecule has 0 atom stereocenters. The van der Waals surface area contributed by atoms with Crippen molar-refractivity contribution in [2.45, 2.75) is 4.90 Å². The highest BCUT2D eigenvalue weighted by Gasteiger charge is 2.18. The maximum Gasteiger partial charge on any atom is 0.325 e. The van der Waals surface area contributed by atoms with E-state index in [1.54, 1.807) is 30.5 Å². The molecule has 0 bridgehead atoms. The van der Waals surface area contributed by atoms with Crippen molar-refractivity contribution in [2.75, 3.05) is 26.5 Å². The van der Waals surface area contributed by atoms with E-state index in [9.17, 15) is 24.5 Å². The van der Waals surface area contributed by atoms with Crippen LogP contribution in [0.15, 0.2) is 47.4 Å². The summed E-state index contributed by atoms with van der Waals surface area (Å²) >= 11 is 1.19. The fourth-order valence-corrected chi connectivity index (χ4v) is 2.83. The first kappa shape index (κ1) is 21.9. The number of carbonyl (C=O) groups is 3. The number of nitrogens with one attached hydrogen (secondary N) is 1. The maximum absolute atomic E-state index is 12.1. The summed E-state index contributed by atoms with van der Waals surface area (Å²) in [7, 11) is 1.50. The minimum atomic E-state index is -0.810. The summed E-state index contributed by atoms with van der Waals surface area (Å²) in [6.45, 7) is -0.957. The van der Waals surface area contributed by atoms with Gasteiger partial charge in [-0.25, -0.2) is 0 Å². The molecule has 0 fully saturated rings. The molecule has 0 spiro atoms. The molecular weight excluding hydrogens is 400 g/mol. The van der Waals surface area contributed by atoms with Gasteiger partial charge in [0.25, 0.3) is 11.6 Å². The van der Waals surface area contributed by atoms with Crippen LogP contribution in [0.3, 0.4) is 0 Å². The van der Waals surface area contributed by atoms with Gasteiger partial charge in [-0.05, 0) is 42.7 Å². The van der Waals surface area contributed by atoms with E-state index in [2.05, 4.69) is 5.32 Å². The van der Waals surface area contributed by atoms with Gasteiger partial charge in [-0.3, -0.25) is 24.5 Å². The highest BCUT2D eigenvalue weighted by atomic mass is 32.2. The normalized spacial score (nSPS) is 10.1. The van der Waals surface area contributed by atoms with E-state index in [0.717, 1.165) is 6.07 Å². The number of hydrogen-bond donors (Lipinski definition) is 1. The molecule has 29 heavy (non-hydrogen) atoms. The second-order valence-corrected chi connectivity index (χ2v) is 6.49. The number of esters is 1. The molecule has 0 aliphatic heterocycles. The number of carbonyl (C=O) groups excluding carboxylic acids is 3. The molecule has 0 aliphatic carbocycles. The first-order valence-electron chi connectivity index (χ1n) is 8.29. The number of Topliss-reactive ketones (excluding diaryl/α,β-unsaturated/α-hetero) is 1. The Balaban J connectivity index is 1.87. The van der Waals surface area contributed by atoms with Crippen molar-refractivity contribution >= 4 is 35.1 Å². The Hall–Kier alpha value is -3.40. The van der Waals surface area contributed by atoms with E-state index in [1.165, 1.54) is 31.0 Å². The Morgan fingerprint density at radius 3 is 2.34 bits per heavy atom. The van der Waals surface area contributed by atoms with Crippen LogP contribution in [0.2, 0.25) is 0 Å². The van der Waals surface area contributed by atoms with Crippen molar-refractivity contribution in [2.24, 2.45) is 0 Å². The first-order valence-corrected chi connectivity index (χ1v) is 9.51. The standard InChI is InChI=1S/C19H18N2O7S/c1-27-14-6-3-12(4-7-14)16(22)11-28-18(23)10-20-19(24)13-5-8-17(29-2)15(9-13)21(25)26/h3-9H,10-11H2,1-2H3,(H,20,24). The number of rotatable bonds is 9. The number of thioether (sulfide) groups is 1. The largest absolute Gasteiger partial charge is 0.497 e. The molecule has 1 N–H and O–H groups in total. The Kier molecular flexibility index (Phi) is 7.72. The van der Waals surface area contributed by atoms with Crippen LogP contribution >= 0.6 is 11.8 Å². The van der Waals surface area contributed by atoms with Crippen molar-refractivity contribution in [1.82, 2.24) is 5.32 Å². The first-order chi connectivity index (χ1) is 13.8. The molecule has 2 rings (SSSR count). The van der Waals surface area contributed by atoms with Crippen LogP contribution in [-0.2, 0) is 9.53 Å². The zero-order valence-electron chi connectivity index (χ0n) is 15.7. The predicted molar refractivity (Wildman–Crippen MR) is 105 cm³/mol. The highest BCUT2D eigenvalue weighted by Crippen LogP contribution is 2.28. The average Bonchev–Trinajstić information content (AvgIpc) is 2.75. The van der Waals surface area contributed by atoms with Crippen molar-refractivity contribution in [1.29, 1.82) is 0 Å². The van der Waals surface area contributed by atoms with Crippen LogP contribution in [0.25, 0.3) is 0 Å². The van der Waals surface area contributed by atoms with Gasteiger partial charge in [-0.2, -0.15) is 0 Å². The van der Waals surface area contributed by atoms with Crippen LogP contribution in [0.4, 0.5) is 5.69 Å². The lowest BCUT2D eigenvalue weighted by molar-refractivity contribution is -0.387. The second kappa shape index (κ2) is 10.2. The molecule has 2 aromatic carbocycles. The third-order valence-electron chi connectivity index (χ3n) is 3.81. The summed E-state index contributed by atoms with van der Waals surface area (Å²) in [4.78, 5) is 46.8. The van der Waals surface area contributed by atoms with Crippen LogP contribution in [0, 0.1) is 10.1 Å². The number of nitro groups is 1. The zero-order chi connectivity index (χ0) is 21.4. The third kappa shape index (κ3) is 6.04. The Labute approximate surface area is 170 Å². The van der Waals surface area contributed by atoms with Gasteiger partial charge >= 0.3 is 5.97 Å². The van der Waals surface area contributed by atoms with E-state index in [1.807, 2.05) is 0 Å². The van der Waals surface area contributed by atoms with Gasteiger partial charge in [0.2, 0.25) is 0 Å². The molecule has 2 aromatic rings. The lowest BCUT2D eigenvalue weighted by Gasteiger charge is -2.07. The van der Waals surface area contributed by atoms with Crippen LogP contribution in [-0.4, -0.2) is 49.1 Å². The Morgan fingerprint density at radius 2 is 1.76 bits per heavy atom. The minimum Gasteiger partial charge on any atom is -0.497 e. The molecule has 0 aliphatic rings. The quantitative estimate of drug-likeness (QED) is 0.216. The molecule has 10 heteroatoms. The van der Waals surface area contributed by atoms with Crippen molar-refractivity contribution < 1.29 is 28.8 Å². The number of hydrogen-bond acceptors (Lipinski definition) is 8. The average molecular weight is 418 g/mol. The summed E-state index contributed by atoms with van der Waals surface area (Å²) in [5.41, 5.74) is 0.193. The molecule has 0 heterocycles. The van der Waals surface area contributed by atoms with Gasteiger partial charge in [0.05, 0.1) is 16.9 Å². The molecule has 9 nitrogen and oxygen atoms in total. The molecule has 1 amide bonds. The molecule has 152 valence electrons. The number of ketones is 1. The summed E-state index contributed by atoms with van der Waals surface area (Å²) in [6, 6.07) is 10.3. The number of ether oxygens (including phenoxy) is 2. The zero-order valence-corrected chi connectivity index (χ0v) is 16.5. The number of amides is 1. The van der Waals surface area contributed by atoms with Gasteiger partial charge in [-0.1, -0.05) is 0 Å². The molecule has 0 radical (unpaired) electrons. The molecule has 0 unspecified atom stereocenters. The number of methoxy groups -OCH3 is 1. The van der Waals surface area contributed by atoms with E-state index >= 15 is 0 Å². The monoisotopic (exact) mass is 418 g/mol. The second-order valence-electron chi connectivity index (χ2n) is 5.64. The van der Waals surface area contributed by atoms with Gasteiger partial charge in [-0.15, -0.1) is 11.8 Å². The lowest BCUT2D eigenvalue weighted by Crippen LogP contribution is -2.31. The fourth-order valence-electron chi connectivity index (χ4n) is 2.29. The minimum absolute atomic E-state index is 0.0385. The Morgan fingerprint density at radius 1 is 1.10 bits per heavy atom. The summed E-state index contributed by atoms with van der Waals surface area (Å²) in [5.74, 6) is -1.29. The van der Waals surface area contributed by atoms with Gasteiger partial charge in [0.15, 0.2) is 12.4 Å².